The van der Waals surface area contributed by atoms with Crippen molar-refractivity contribution in [2.75, 3.05) is 19.7 Å². The topological polar surface area (TPSA) is 75.7 Å². The van der Waals surface area contributed by atoms with E-state index < -0.39 is 17.7 Å². The van der Waals surface area contributed by atoms with E-state index in [-0.39, 0.29) is 37.0 Å². The van der Waals surface area contributed by atoms with Crippen LogP contribution in [0, 0.1) is 11.7 Å². The fraction of sp³-hybridized carbons (Fsp3) is 0.500. The molecule has 29 heavy (non-hydrogen) atoms. The van der Waals surface area contributed by atoms with Gasteiger partial charge < -0.3 is 15.0 Å². The fourth-order valence-corrected chi connectivity index (χ4v) is 3.38. The van der Waals surface area contributed by atoms with Gasteiger partial charge in [0.25, 0.3) is 0 Å². The van der Waals surface area contributed by atoms with Gasteiger partial charge >= 0.3 is 5.97 Å². The summed E-state index contributed by atoms with van der Waals surface area (Å²) in [4.78, 5) is 39.0. The second-order valence-electron chi connectivity index (χ2n) is 7.54. The minimum atomic E-state index is -0.613. The monoisotopic (exact) mass is 404 g/mol. The lowest BCUT2D eigenvalue weighted by molar-refractivity contribution is -0.141. The zero-order valence-electron chi connectivity index (χ0n) is 17.5. The van der Waals surface area contributed by atoms with Crippen LogP contribution in [0.5, 0.6) is 0 Å². The molecule has 0 spiro atoms. The van der Waals surface area contributed by atoms with E-state index in [1.807, 2.05) is 0 Å². The van der Waals surface area contributed by atoms with Crippen molar-refractivity contribution >= 4 is 17.8 Å². The molecule has 1 aromatic carbocycles. The van der Waals surface area contributed by atoms with Gasteiger partial charge in [0.05, 0.1) is 12.2 Å². The molecule has 0 radical (unpaired) electrons. The molecule has 0 aliphatic carbocycles. The summed E-state index contributed by atoms with van der Waals surface area (Å²) in [5.41, 5.74) is 1.18. The highest BCUT2D eigenvalue weighted by Gasteiger charge is 2.37. The smallest absolute Gasteiger partial charge is 0.336 e. The van der Waals surface area contributed by atoms with Crippen LogP contribution in [-0.2, 0) is 19.1 Å². The number of carbonyl (C=O) groups is 3. The van der Waals surface area contributed by atoms with E-state index in [0.717, 1.165) is 6.42 Å². The summed E-state index contributed by atoms with van der Waals surface area (Å²) in [6.45, 7) is 7.97. The number of nitrogens with zero attached hydrogens (tertiary/aromatic N) is 1. The minimum absolute atomic E-state index is 0.0335. The largest absolute Gasteiger partial charge is 0.463 e. The first-order chi connectivity index (χ1) is 13.7. The van der Waals surface area contributed by atoms with E-state index in [0.29, 0.717) is 23.7 Å². The number of carbonyl (C=O) groups excluding carboxylic acids is 3. The Morgan fingerprint density at radius 3 is 2.69 bits per heavy atom. The van der Waals surface area contributed by atoms with Crippen molar-refractivity contribution in [2.45, 2.75) is 46.5 Å². The van der Waals surface area contributed by atoms with E-state index in [1.165, 1.54) is 17.0 Å². The summed E-state index contributed by atoms with van der Waals surface area (Å²) in [6.07, 6.45) is 0.804. The molecule has 2 rings (SSSR count). The van der Waals surface area contributed by atoms with Gasteiger partial charge in [-0.2, -0.15) is 0 Å². The van der Waals surface area contributed by atoms with Gasteiger partial charge in [-0.15, -0.1) is 0 Å². The highest BCUT2D eigenvalue weighted by molar-refractivity contribution is 5.97. The van der Waals surface area contributed by atoms with Crippen LogP contribution in [0.3, 0.4) is 0 Å². The van der Waals surface area contributed by atoms with Crippen molar-refractivity contribution in [1.82, 2.24) is 10.2 Å². The Bertz CT molecular complexity index is 804. The number of amides is 2. The third-order valence-electron chi connectivity index (χ3n) is 4.91. The predicted molar refractivity (Wildman–Crippen MR) is 107 cm³/mol. The van der Waals surface area contributed by atoms with E-state index in [1.54, 1.807) is 26.0 Å². The molecule has 2 amide bonds. The predicted octanol–water partition coefficient (Wildman–Crippen LogP) is 3.14. The van der Waals surface area contributed by atoms with Gasteiger partial charge in [0.1, 0.15) is 12.4 Å². The van der Waals surface area contributed by atoms with Crippen molar-refractivity contribution in [3.05, 3.63) is 46.9 Å². The minimum Gasteiger partial charge on any atom is -0.463 e. The molecule has 1 heterocycles. The standard InChI is InChI=1S/C22H29FN2O4/c1-5-29-22(28)21-15(4)25(13-19(26)24-10-9-14(2)3)20(27)12-18(21)16-7-6-8-17(23)11-16/h6-8,11,14,18H,5,9-10,12-13H2,1-4H3,(H,24,26). The van der Waals surface area contributed by atoms with Crippen molar-refractivity contribution < 1.29 is 23.5 Å². The fourth-order valence-electron chi connectivity index (χ4n) is 3.38. The van der Waals surface area contributed by atoms with Gasteiger partial charge in [0.2, 0.25) is 11.8 Å². The highest BCUT2D eigenvalue weighted by Crippen LogP contribution is 2.37. The Balaban J connectivity index is 2.31. The Labute approximate surface area is 171 Å². The molecule has 0 fully saturated rings. The van der Waals surface area contributed by atoms with Gasteiger partial charge in [-0.1, -0.05) is 26.0 Å². The number of benzene rings is 1. The molecule has 158 valence electrons. The van der Waals surface area contributed by atoms with Gasteiger partial charge in [-0.25, -0.2) is 9.18 Å². The molecule has 0 bridgehead atoms. The number of hydrogen-bond acceptors (Lipinski definition) is 4. The maximum absolute atomic E-state index is 13.7. The average Bonchev–Trinajstić information content (AvgIpc) is 2.64. The third kappa shape index (κ3) is 5.89. The number of nitrogens with one attached hydrogen (secondary N) is 1. The maximum atomic E-state index is 13.7. The first kappa shape index (κ1) is 22.6. The van der Waals surface area contributed by atoms with E-state index in [4.69, 9.17) is 4.74 Å². The Kier molecular flexibility index (Phi) is 7.93. The van der Waals surface area contributed by atoms with E-state index in [9.17, 15) is 18.8 Å². The summed E-state index contributed by atoms with van der Waals surface area (Å²) in [5, 5.41) is 2.80. The van der Waals surface area contributed by atoms with Crippen LogP contribution in [0.4, 0.5) is 4.39 Å². The van der Waals surface area contributed by atoms with Crippen LogP contribution in [0.2, 0.25) is 0 Å². The number of ether oxygens (including phenoxy) is 1. The second-order valence-corrected chi connectivity index (χ2v) is 7.54. The molecule has 1 aliphatic rings. The molecule has 0 saturated heterocycles. The molecule has 1 N–H and O–H groups in total. The molecule has 0 saturated carbocycles. The molecular formula is C22H29FN2O4. The number of rotatable bonds is 8. The van der Waals surface area contributed by atoms with E-state index >= 15 is 0 Å². The van der Waals surface area contributed by atoms with Crippen LogP contribution < -0.4 is 5.32 Å². The van der Waals surface area contributed by atoms with Crippen molar-refractivity contribution in [1.29, 1.82) is 0 Å². The summed E-state index contributed by atoms with van der Waals surface area (Å²) < 4.78 is 18.9. The zero-order valence-corrected chi connectivity index (χ0v) is 17.5. The number of hydrogen-bond donors (Lipinski definition) is 1. The van der Waals surface area contributed by atoms with Gasteiger partial charge in [-0.3, -0.25) is 9.59 Å². The zero-order chi connectivity index (χ0) is 21.6. The normalized spacial score (nSPS) is 17.0. The summed E-state index contributed by atoms with van der Waals surface area (Å²) in [5.74, 6) is -1.73. The molecule has 1 aromatic rings. The second kappa shape index (κ2) is 10.2. The van der Waals surface area contributed by atoms with Crippen LogP contribution in [-0.4, -0.2) is 42.4 Å². The quantitative estimate of drug-likeness (QED) is 0.676. The van der Waals surface area contributed by atoms with Crippen LogP contribution in [0.25, 0.3) is 0 Å². The third-order valence-corrected chi connectivity index (χ3v) is 4.91. The molecular weight excluding hydrogens is 375 g/mol. The van der Waals surface area contributed by atoms with Crippen LogP contribution >= 0.6 is 0 Å². The lowest BCUT2D eigenvalue weighted by Crippen LogP contribution is -2.44. The molecule has 6 nitrogen and oxygen atoms in total. The average molecular weight is 404 g/mol. The molecule has 7 heteroatoms. The summed E-state index contributed by atoms with van der Waals surface area (Å²) in [6, 6.07) is 5.85. The maximum Gasteiger partial charge on any atom is 0.336 e. The van der Waals surface area contributed by atoms with Gasteiger partial charge in [0, 0.05) is 24.6 Å². The Hall–Kier alpha value is -2.70. The SMILES string of the molecule is CCOC(=O)C1=C(C)N(CC(=O)NCCC(C)C)C(=O)CC1c1cccc(F)c1. The Morgan fingerprint density at radius 1 is 1.34 bits per heavy atom. The van der Waals surface area contributed by atoms with Crippen LogP contribution in [0.1, 0.15) is 52.0 Å². The van der Waals surface area contributed by atoms with Crippen LogP contribution in [0.15, 0.2) is 35.5 Å². The first-order valence-corrected chi connectivity index (χ1v) is 9.95. The Morgan fingerprint density at radius 2 is 2.07 bits per heavy atom. The van der Waals surface area contributed by atoms with Crippen molar-refractivity contribution in [3.8, 4) is 0 Å². The summed E-state index contributed by atoms with van der Waals surface area (Å²) in [7, 11) is 0. The number of allylic oxidation sites excluding steroid dienone is 1. The molecule has 1 atom stereocenters. The first-order valence-electron chi connectivity index (χ1n) is 9.95. The molecule has 1 unspecified atom stereocenters. The number of esters is 1. The summed E-state index contributed by atoms with van der Waals surface area (Å²) >= 11 is 0. The van der Waals surface area contributed by atoms with Crippen molar-refractivity contribution in [3.63, 3.8) is 0 Å². The lowest BCUT2D eigenvalue weighted by Gasteiger charge is -2.34. The van der Waals surface area contributed by atoms with Gasteiger partial charge in [-0.05, 0) is 43.9 Å². The highest BCUT2D eigenvalue weighted by atomic mass is 19.1. The van der Waals surface area contributed by atoms with E-state index in [2.05, 4.69) is 19.2 Å². The molecule has 0 aromatic heterocycles. The molecule has 1 aliphatic heterocycles. The van der Waals surface area contributed by atoms with Gasteiger partial charge in [0.15, 0.2) is 0 Å². The van der Waals surface area contributed by atoms with Crippen molar-refractivity contribution in [2.24, 2.45) is 5.92 Å². The lowest BCUT2D eigenvalue weighted by atomic mass is 9.83. The number of halogens is 1.